The Bertz CT molecular complexity index is 202. The van der Waals surface area contributed by atoms with Crippen LogP contribution in [0.5, 0.6) is 0 Å². The van der Waals surface area contributed by atoms with E-state index >= 15 is 0 Å². The summed E-state index contributed by atoms with van der Waals surface area (Å²) in [4.78, 5) is 13.2. The Morgan fingerprint density at radius 1 is 1.23 bits per heavy atom. The second kappa shape index (κ2) is 5.18. The van der Waals surface area contributed by atoms with Gasteiger partial charge in [-0.1, -0.05) is 12.0 Å². The van der Waals surface area contributed by atoms with Crippen LogP contribution in [0.4, 0.5) is 0 Å². The largest absolute Gasteiger partial charge is 0.299 e. The van der Waals surface area contributed by atoms with Gasteiger partial charge in [0.1, 0.15) is 0 Å². The highest BCUT2D eigenvalue weighted by atomic mass is 16.1. The molecule has 0 radical (unpaired) electrons. The SMILES string of the molecule is CC(=O)/C=C(\C)CN1CCCCC1. The zero-order chi connectivity index (χ0) is 9.68. The third-order valence-corrected chi connectivity index (χ3v) is 2.37. The van der Waals surface area contributed by atoms with Gasteiger partial charge in [-0.05, 0) is 45.9 Å². The summed E-state index contributed by atoms with van der Waals surface area (Å²) in [7, 11) is 0. The molecule has 0 spiro atoms. The zero-order valence-corrected chi connectivity index (χ0v) is 8.68. The van der Waals surface area contributed by atoms with Crippen LogP contribution in [0.2, 0.25) is 0 Å². The van der Waals surface area contributed by atoms with Crippen molar-refractivity contribution in [2.75, 3.05) is 19.6 Å². The van der Waals surface area contributed by atoms with Crippen LogP contribution < -0.4 is 0 Å². The summed E-state index contributed by atoms with van der Waals surface area (Å²) in [6.45, 7) is 7.02. The van der Waals surface area contributed by atoms with E-state index in [-0.39, 0.29) is 5.78 Å². The van der Waals surface area contributed by atoms with E-state index in [1.165, 1.54) is 37.9 Å². The van der Waals surface area contributed by atoms with Gasteiger partial charge in [-0.3, -0.25) is 9.69 Å². The Morgan fingerprint density at radius 2 is 1.85 bits per heavy atom. The second-order valence-electron chi connectivity index (χ2n) is 3.94. The van der Waals surface area contributed by atoms with Crippen LogP contribution in [0.25, 0.3) is 0 Å². The first-order valence-electron chi connectivity index (χ1n) is 5.08. The standard InChI is InChI=1S/C11H19NO/c1-10(8-11(2)13)9-12-6-4-3-5-7-12/h8H,3-7,9H2,1-2H3/b10-8+. The van der Waals surface area contributed by atoms with Crippen LogP contribution >= 0.6 is 0 Å². The topological polar surface area (TPSA) is 20.3 Å². The molecule has 1 heterocycles. The minimum absolute atomic E-state index is 0.162. The number of ketones is 1. The number of carbonyl (C=O) groups is 1. The Labute approximate surface area is 80.6 Å². The molecule has 2 heteroatoms. The maximum atomic E-state index is 10.8. The minimum atomic E-state index is 0.162. The molecule has 1 saturated heterocycles. The average Bonchev–Trinajstić information content (AvgIpc) is 2.04. The molecule has 0 unspecified atom stereocenters. The normalized spacial score (nSPS) is 20.3. The van der Waals surface area contributed by atoms with Crippen LogP contribution in [-0.2, 0) is 4.79 Å². The molecule has 0 aromatic heterocycles. The number of hydrogen-bond acceptors (Lipinski definition) is 2. The van der Waals surface area contributed by atoms with Crippen LogP contribution in [0.1, 0.15) is 33.1 Å². The van der Waals surface area contributed by atoms with Crippen molar-refractivity contribution in [1.29, 1.82) is 0 Å². The van der Waals surface area contributed by atoms with E-state index in [9.17, 15) is 4.79 Å². The van der Waals surface area contributed by atoms with Crippen LogP contribution in [-0.4, -0.2) is 30.3 Å². The van der Waals surface area contributed by atoms with Gasteiger partial charge in [0, 0.05) is 6.54 Å². The Kier molecular flexibility index (Phi) is 4.16. The molecule has 13 heavy (non-hydrogen) atoms. The number of allylic oxidation sites excluding steroid dienone is 1. The van der Waals surface area contributed by atoms with E-state index in [4.69, 9.17) is 0 Å². The fourth-order valence-corrected chi connectivity index (χ4v) is 1.86. The molecule has 1 fully saturated rings. The molecule has 0 aromatic rings. The number of hydrogen-bond donors (Lipinski definition) is 0. The summed E-state index contributed by atoms with van der Waals surface area (Å²) in [5, 5.41) is 0. The second-order valence-corrected chi connectivity index (χ2v) is 3.94. The van der Waals surface area contributed by atoms with Gasteiger partial charge < -0.3 is 0 Å². The highest BCUT2D eigenvalue weighted by Gasteiger charge is 2.09. The van der Waals surface area contributed by atoms with Gasteiger partial charge in [-0.15, -0.1) is 0 Å². The number of nitrogens with zero attached hydrogens (tertiary/aromatic N) is 1. The van der Waals surface area contributed by atoms with Gasteiger partial charge in [-0.2, -0.15) is 0 Å². The molecule has 0 atom stereocenters. The van der Waals surface area contributed by atoms with E-state index < -0.39 is 0 Å². The predicted molar refractivity (Wildman–Crippen MR) is 54.7 cm³/mol. The van der Waals surface area contributed by atoms with Crippen LogP contribution in [0.3, 0.4) is 0 Å². The Morgan fingerprint density at radius 3 is 2.38 bits per heavy atom. The molecule has 2 nitrogen and oxygen atoms in total. The molecule has 1 aliphatic rings. The van der Waals surface area contributed by atoms with E-state index in [2.05, 4.69) is 4.90 Å². The molecule has 74 valence electrons. The number of piperidine rings is 1. The van der Waals surface area contributed by atoms with Crippen molar-refractivity contribution in [2.45, 2.75) is 33.1 Å². The summed E-state index contributed by atoms with van der Waals surface area (Å²) in [6, 6.07) is 0. The summed E-state index contributed by atoms with van der Waals surface area (Å²) in [5.41, 5.74) is 1.19. The van der Waals surface area contributed by atoms with E-state index in [0.29, 0.717) is 0 Å². The summed E-state index contributed by atoms with van der Waals surface area (Å²) >= 11 is 0. The fraction of sp³-hybridized carbons (Fsp3) is 0.727. The van der Waals surface area contributed by atoms with E-state index in [1.807, 2.05) is 6.92 Å². The van der Waals surface area contributed by atoms with Gasteiger partial charge in [0.15, 0.2) is 5.78 Å². The summed E-state index contributed by atoms with van der Waals surface area (Å²) in [6.07, 6.45) is 5.74. The van der Waals surface area contributed by atoms with Crippen LogP contribution in [0.15, 0.2) is 11.6 Å². The molecule has 0 bridgehead atoms. The third-order valence-electron chi connectivity index (χ3n) is 2.37. The first kappa shape index (κ1) is 10.5. The molecular formula is C11H19NO. The predicted octanol–water partition coefficient (Wildman–Crippen LogP) is 2.01. The molecule has 1 aliphatic heterocycles. The van der Waals surface area contributed by atoms with Crippen molar-refractivity contribution >= 4 is 5.78 Å². The molecule has 0 aromatic carbocycles. The van der Waals surface area contributed by atoms with Crippen molar-refractivity contribution in [3.8, 4) is 0 Å². The highest BCUT2D eigenvalue weighted by Crippen LogP contribution is 2.10. The molecule has 0 N–H and O–H groups in total. The summed E-state index contributed by atoms with van der Waals surface area (Å²) < 4.78 is 0. The maximum Gasteiger partial charge on any atom is 0.152 e. The smallest absolute Gasteiger partial charge is 0.152 e. The van der Waals surface area contributed by atoms with Gasteiger partial charge in [0.05, 0.1) is 0 Å². The van der Waals surface area contributed by atoms with Crippen molar-refractivity contribution in [3.05, 3.63) is 11.6 Å². The number of rotatable bonds is 3. The zero-order valence-electron chi connectivity index (χ0n) is 8.68. The van der Waals surface area contributed by atoms with E-state index in [0.717, 1.165) is 6.54 Å². The minimum Gasteiger partial charge on any atom is -0.299 e. The third kappa shape index (κ3) is 4.23. The van der Waals surface area contributed by atoms with Crippen LogP contribution in [0, 0.1) is 0 Å². The Hall–Kier alpha value is -0.630. The first-order valence-corrected chi connectivity index (χ1v) is 5.08. The van der Waals surface area contributed by atoms with Gasteiger partial charge in [-0.25, -0.2) is 0 Å². The maximum absolute atomic E-state index is 10.8. The molecule has 0 saturated carbocycles. The molecular weight excluding hydrogens is 162 g/mol. The molecule has 0 amide bonds. The lowest BCUT2D eigenvalue weighted by Gasteiger charge is -2.26. The van der Waals surface area contributed by atoms with Gasteiger partial charge in [0.2, 0.25) is 0 Å². The molecule has 0 aliphatic carbocycles. The fourth-order valence-electron chi connectivity index (χ4n) is 1.86. The quantitative estimate of drug-likeness (QED) is 0.621. The first-order chi connectivity index (χ1) is 6.18. The lowest BCUT2D eigenvalue weighted by Crippen LogP contribution is -2.31. The Balaban J connectivity index is 2.33. The average molecular weight is 181 g/mol. The van der Waals surface area contributed by atoms with Crippen molar-refractivity contribution in [1.82, 2.24) is 4.90 Å². The van der Waals surface area contributed by atoms with Gasteiger partial charge in [0.25, 0.3) is 0 Å². The number of carbonyl (C=O) groups excluding carboxylic acids is 1. The van der Waals surface area contributed by atoms with Crippen molar-refractivity contribution in [3.63, 3.8) is 0 Å². The van der Waals surface area contributed by atoms with Crippen molar-refractivity contribution in [2.24, 2.45) is 0 Å². The van der Waals surface area contributed by atoms with Crippen molar-refractivity contribution < 1.29 is 4.79 Å². The highest BCUT2D eigenvalue weighted by molar-refractivity contribution is 5.87. The summed E-state index contributed by atoms with van der Waals surface area (Å²) in [5.74, 6) is 0.162. The molecule has 1 rings (SSSR count). The lowest BCUT2D eigenvalue weighted by molar-refractivity contribution is -0.112. The van der Waals surface area contributed by atoms with E-state index in [1.54, 1.807) is 13.0 Å². The number of likely N-dealkylation sites (tertiary alicyclic amines) is 1. The lowest BCUT2D eigenvalue weighted by atomic mass is 10.1. The monoisotopic (exact) mass is 181 g/mol. The van der Waals surface area contributed by atoms with Gasteiger partial charge >= 0.3 is 0 Å².